The molecule has 2 fully saturated rings. The van der Waals surface area contributed by atoms with Crippen LogP contribution in [0.1, 0.15) is 37.1 Å². The first kappa shape index (κ1) is 22.3. The summed E-state index contributed by atoms with van der Waals surface area (Å²) in [5.74, 6) is 1.32. The molecule has 5 rings (SSSR count). The highest BCUT2D eigenvalue weighted by Crippen LogP contribution is 2.26. The predicted molar refractivity (Wildman–Crippen MR) is 129 cm³/mol. The molecule has 0 bridgehead atoms. The summed E-state index contributed by atoms with van der Waals surface area (Å²) in [4.78, 5) is 33.5. The topological polar surface area (TPSA) is 91.6 Å². The fourth-order valence-electron chi connectivity index (χ4n) is 4.68. The molecule has 1 aromatic heterocycles. The van der Waals surface area contributed by atoms with Crippen LogP contribution in [0.15, 0.2) is 53.1 Å². The van der Waals surface area contributed by atoms with Gasteiger partial charge in [0.25, 0.3) is 0 Å². The maximum atomic E-state index is 12.9. The third kappa shape index (κ3) is 5.02. The van der Waals surface area contributed by atoms with E-state index < -0.39 is 0 Å². The lowest BCUT2D eigenvalue weighted by Crippen LogP contribution is -2.37. The number of nitrogens with one attached hydrogen (secondary N) is 1. The van der Waals surface area contributed by atoms with Crippen LogP contribution < -0.4 is 10.2 Å². The number of carbonyl (C=O) groups is 2. The second-order valence-corrected chi connectivity index (χ2v) is 9.12. The first-order chi connectivity index (χ1) is 16.5. The second-order valence-electron chi connectivity index (χ2n) is 9.12. The molecule has 0 radical (unpaired) electrons. The van der Waals surface area contributed by atoms with Crippen molar-refractivity contribution in [2.75, 3.05) is 29.9 Å². The van der Waals surface area contributed by atoms with E-state index in [1.807, 2.05) is 55.5 Å². The standard InChI is InChI=1S/C26H29N5O3/c1-18-5-2-6-20(15-18)25-28-23(34-29-25)17-30-13-10-19(11-14-30)26(33)27-21-7-3-8-22(16-21)31-12-4-9-24(31)32/h2-3,5-8,15-16,19H,4,9-14,17H2,1H3,(H,27,33). The lowest BCUT2D eigenvalue weighted by Gasteiger charge is -2.30. The molecule has 2 amide bonds. The smallest absolute Gasteiger partial charge is 0.241 e. The third-order valence-corrected chi connectivity index (χ3v) is 6.56. The summed E-state index contributed by atoms with van der Waals surface area (Å²) in [6.45, 7) is 4.95. The minimum atomic E-state index is -0.0427. The van der Waals surface area contributed by atoms with Crippen LogP contribution in [0, 0.1) is 12.8 Å². The molecule has 3 aromatic rings. The maximum absolute atomic E-state index is 12.9. The van der Waals surface area contributed by atoms with Gasteiger partial charge in [-0.05, 0) is 63.5 Å². The minimum absolute atomic E-state index is 0.0315. The van der Waals surface area contributed by atoms with Gasteiger partial charge >= 0.3 is 0 Å². The largest absolute Gasteiger partial charge is 0.338 e. The Balaban J connectivity index is 1.13. The molecule has 176 valence electrons. The molecule has 2 aromatic carbocycles. The van der Waals surface area contributed by atoms with Crippen molar-refractivity contribution in [3.8, 4) is 11.4 Å². The number of carbonyl (C=O) groups excluding carboxylic acids is 2. The normalized spacial score (nSPS) is 17.3. The van der Waals surface area contributed by atoms with Crippen LogP contribution in [0.2, 0.25) is 0 Å². The summed E-state index contributed by atoms with van der Waals surface area (Å²) in [5, 5.41) is 7.17. The number of benzene rings is 2. The number of aryl methyl sites for hydroxylation is 1. The molecule has 8 heteroatoms. The number of amides is 2. The van der Waals surface area contributed by atoms with Gasteiger partial charge in [-0.3, -0.25) is 14.5 Å². The second kappa shape index (κ2) is 9.77. The van der Waals surface area contributed by atoms with Crippen LogP contribution in [0.5, 0.6) is 0 Å². The van der Waals surface area contributed by atoms with E-state index in [0.29, 0.717) is 24.7 Å². The molecule has 2 aliphatic heterocycles. The van der Waals surface area contributed by atoms with Crippen molar-refractivity contribution in [3.05, 3.63) is 60.0 Å². The van der Waals surface area contributed by atoms with E-state index in [9.17, 15) is 9.59 Å². The van der Waals surface area contributed by atoms with Gasteiger partial charge in [-0.1, -0.05) is 35.0 Å². The summed E-state index contributed by atoms with van der Waals surface area (Å²) in [6, 6.07) is 15.6. The Morgan fingerprint density at radius 1 is 1.12 bits per heavy atom. The molecular weight excluding hydrogens is 430 g/mol. The van der Waals surface area contributed by atoms with Crippen LogP contribution in [-0.2, 0) is 16.1 Å². The van der Waals surface area contributed by atoms with Gasteiger partial charge in [0.15, 0.2) is 0 Å². The Kier molecular flexibility index (Phi) is 6.40. The molecule has 3 heterocycles. The van der Waals surface area contributed by atoms with Crippen molar-refractivity contribution < 1.29 is 14.1 Å². The molecule has 2 aliphatic rings. The van der Waals surface area contributed by atoms with E-state index in [-0.39, 0.29) is 17.7 Å². The van der Waals surface area contributed by atoms with E-state index in [0.717, 1.165) is 61.4 Å². The molecule has 0 spiro atoms. The van der Waals surface area contributed by atoms with Gasteiger partial charge in [0.05, 0.1) is 6.54 Å². The Morgan fingerprint density at radius 2 is 1.94 bits per heavy atom. The lowest BCUT2D eigenvalue weighted by molar-refractivity contribution is -0.121. The fourth-order valence-corrected chi connectivity index (χ4v) is 4.68. The van der Waals surface area contributed by atoms with Crippen molar-refractivity contribution in [1.29, 1.82) is 0 Å². The number of rotatable bonds is 6. The highest BCUT2D eigenvalue weighted by molar-refractivity contribution is 5.97. The van der Waals surface area contributed by atoms with Crippen molar-refractivity contribution >= 4 is 23.2 Å². The fraction of sp³-hybridized carbons (Fsp3) is 0.385. The van der Waals surface area contributed by atoms with Crippen LogP contribution in [0.3, 0.4) is 0 Å². The third-order valence-electron chi connectivity index (χ3n) is 6.56. The van der Waals surface area contributed by atoms with E-state index in [1.165, 1.54) is 0 Å². The quantitative estimate of drug-likeness (QED) is 0.599. The SMILES string of the molecule is Cc1cccc(-c2noc(CN3CCC(C(=O)Nc4cccc(N5CCCC5=O)c4)CC3)n2)c1. The Bertz CT molecular complexity index is 1180. The molecular formula is C26H29N5O3. The zero-order valence-corrected chi connectivity index (χ0v) is 19.4. The number of nitrogens with zero attached hydrogens (tertiary/aromatic N) is 4. The van der Waals surface area contributed by atoms with E-state index in [2.05, 4.69) is 20.4 Å². The Hall–Kier alpha value is -3.52. The zero-order chi connectivity index (χ0) is 23.5. The van der Waals surface area contributed by atoms with Crippen LogP contribution >= 0.6 is 0 Å². The average Bonchev–Trinajstić information content (AvgIpc) is 3.49. The van der Waals surface area contributed by atoms with Crippen LogP contribution in [0.4, 0.5) is 11.4 Å². The zero-order valence-electron chi connectivity index (χ0n) is 19.4. The van der Waals surface area contributed by atoms with Gasteiger partial charge in [-0.25, -0.2) is 0 Å². The number of hydrogen-bond acceptors (Lipinski definition) is 6. The summed E-state index contributed by atoms with van der Waals surface area (Å²) < 4.78 is 5.47. The minimum Gasteiger partial charge on any atom is -0.338 e. The van der Waals surface area contributed by atoms with Gasteiger partial charge in [-0.15, -0.1) is 0 Å². The van der Waals surface area contributed by atoms with Gasteiger partial charge < -0.3 is 14.7 Å². The van der Waals surface area contributed by atoms with Crippen molar-refractivity contribution in [2.24, 2.45) is 5.92 Å². The maximum Gasteiger partial charge on any atom is 0.241 e. The van der Waals surface area contributed by atoms with E-state index >= 15 is 0 Å². The molecule has 0 aliphatic carbocycles. The molecule has 1 N–H and O–H groups in total. The summed E-state index contributed by atoms with van der Waals surface area (Å²) >= 11 is 0. The molecule has 34 heavy (non-hydrogen) atoms. The van der Waals surface area contributed by atoms with Gasteiger partial charge in [-0.2, -0.15) is 4.98 Å². The highest BCUT2D eigenvalue weighted by Gasteiger charge is 2.27. The molecule has 8 nitrogen and oxygen atoms in total. The Morgan fingerprint density at radius 3 is 2.71 bits per heavy atom. The van der Waals surface area contributed by atoms with Gasteiger partial charge in [0.1, 0.15) is 0 Å². The Labute approximate surface area is 198 Å². The number of anilines is 2. The van der Waals surface area contributed by atoms with Crippen molar-refractivity contribution in [1.82, 2.24) is 15.0 Å². The number of likely N-dealkylation sites (tertiary alicyclic amines) is 1. The molecule has 0 atom stereocenters. The number of hydrogen-bond donors (Lipinski definition) is 1. The van der Waals surface area contributed by atoms with Gasteiger partial charge in [0, 0.05) is 35.8 Å². The van der Waals surface area contributed by atoms with Crippen molar-refractivity contribution in [3.63, 3.8) is 0 Å². The first-order valence-electron chi connectivity index (χ1n) is 11.9. The van der Waals surface area contributed by atoms with Crippen LogP contribution in [-0.4, -0.2) is 46.5 Å². The van der Waals surface area contributed by atoms with E-state index in [1.54, 1.807) is 4.90 Å². The number of aromatic nitrogens is 2. The predicted octanol–water partition coefficient (Wildman–Crippen LogP) is 4.02. The lowest BCUT2D eigenvalue weighted by atomic mass is 9.96. The summed E-state index contributed by atoms with van der Waals surface area (Å²) in [6.07, 6.45) is 3.01. The van der Waals surface area contributed by atoms with E-state index in [4.69, 9.17) is 4.52 Å². The average molecular weight is 460 g/mol. The summed E-state index contributed by atoms with van der Waals surface area (Å²) in [5.41, 5.74) is 3.68. The van der Waals surface area contributed by atoms with Crippen molar-refractivity contribution in [2.45, 2.75) is 39.2 Å². The molecule has 2 saturated heterocycles. The highest BCUT2D eigenvalue weighted by atomic mass is 16.5. The monoisotopic (exact) mass is 459 g/mol. The molecule has 0 saturated carbocycles. The van der Waals surface area contributed by atoms with Crippen LogP contribution in [0.25, 0.3) is 11.4 Å². The first-order valence-corrected chi connectivity index (χ1v) is 11.9. The summed E-state index contributed by atoms with van der Waals surface area (Å²) in [7, 11) is 0. The van der Waals surface area contributed by atoms with Gasteiger partial charge in [0.2, 0.25) is 23.5 Å². The number of piperidine rings is 1. The molecule has 0 unspecified atom stereocenters.